The molecule has 0 N–H and O–H groups in total. The fourth-order valence-corrected chi connectivity index (χ4v) is 3.73. The number of carbonyl (C=O) groups excluding carboxylic acids is 1. The summed E-state index contributed by atoms with van der Waals surface area (Å²) in [4.78, 5) is 11.4. The van der Waals surface area contributed by atoms with Gasteiger partial charge in [0.05, 0.1) is 0 Å². The highest BCUT2D eigenvalue weighted by Gasteiger charge is 2.44. The van der Waals surface area contributed by atoms with Gasteiger partial charge in [-0.2, -0.15) is 0 Å². The van der Waals surface area contributed by atoms with E-state index in [1.54, 1.807) is 0 Å². The van der Waals surface area contributed by atoms with Gasteiger partial charge >= 0.3 is 5.97 Å². The molecule has 2 heteroatoms. The molecule has 4 atom stereocenters. The van der Waals surface area contributed by atoms with Gasteiger partial charge in [0.2, 0.25) is 0 Å². The van der Waals surface area contributed by atoms with Crippen LogP contribution in [0.3, 0.4) is 0 Å². The minimum Gasteiger partial charge on any atom is -0.458 e. The lowest BCUT2D eigenvalue weighted by Gasteiger charge is -2.17. The molecule has 2 saturated carbocycles. The van der Waals surface area contributed by atoms with Crippen molar-refractivity contribution in [2.75, 3.05) is 0 Å². The van der Waals surface area contributed by atoms with Gasteiger partial charge in [-0.25, -0.2) is 4.79 Å². The first kappa shape index (κ1) is 9.44. The molecule has 0 aromatic heterocycles. The molecule has 3 aliphatic rings. The smallest absolute Gasteiger partial charge is 0.334 e. The van der Waals surface area contributed by atoms with Crippen LogP contribution in [0.15, 0.2) is 12.2 Å². The SMILES string of the molecule is C=C1C(=O)O[C@@H]2CC[C@@H]3CCC[C@H]3C[C@H]12. The second-order valence-electron chi connectivity index (χ2n) is 5.34. The molecule has 3 fully saturated rings. The van der Waals surface area contributed by atoms with Gasteiger partial charge in [-0.15, -0.1) is 0 Å². The van der Waals surface area contributed by atoms with Gasteiger partial charge in [0.25, 0.3) is 0 Å². The molecule has 1 aliphatic heterocycles. The van der Waals surface area contributed by atoms with Gasteiger partial charge < -0.3 is 4.74 Å². The van der Waals surface area contributed by atoms with E-state index in [-0.39, 0.29) is 12.1 Å². The van der Waals surface area contributed by atoms with E-state index in [0.717, 1.165) is 30.3 Å². The molecule has 0 amide bonds. The Kier molecular flexibility index (Phi) is 2.11. The van der Waals surface area contributed by atoms with Crippen LogP contribution in [0.5, 0.6) is 0 Å². The number of rotatable bonds is 0. The molecule has 3 rings (SSSR count). The highest BCUT2D eigenvalue weighted by Crippen LogP contribution is 2.47. The Labute approximate surface area is 90.7 Å². The van der Waals surface area contributed by atoms with Crippen LogP contribution in [0.25, 0.3) is 0 Å². The zero-order valence-corrected chi connectivity index (χ0v) is 9.08. The first-order valence-corrected chi connectivity index (χ1v) is 6.15. The van der Waals surface area contributed by atoms with Gasteiger partial charge in [-0.1, -0.05) is 25.8 Å². The maximum atomic E-state index is 11.4. The van der Waals surface area contributed by atoms with Crippen molar-refractivity contribution in [2.45, 2.75) is 44.6 Å². The normalized spacial score (nSPS) is 44.5. The number of carbonyl (C=O) groups is 1. The molecule has 2 aliphatic carbocycles. The maximum Gasteiger partial charge on any atom is 0.334 e. The van der Waals surface area contributed by atoms with E-state index in [1.165, 1.54) is 25.7 Å². The van der Waals surface area contributed by atoms with E-state index in [4.69, 9.17) is 4.74 Å². The van der Waals surface area contributed by atoms with Crippen molar-refractivity contribution < 1.29 is 9.53 Å². The molecule has 0 spiro atoms. The molecule has 15 heavy (non-hydrogen) atoms. The van der Waals surface area contributed by atoms with Gasteiger partial charge in [-0.05, 0) is 31.1 Å². The second kappa shape index (κ2) is 3.36. The highest BCUT2D eigenvalue weighted by molar-refractivity contribution is 5.90. The van der Waals surface area contributed by atoms with Crippen molar-refractivity contribution in [1.82, 2.24) is 0 Å². The topological polar surface area (TPSA) is 26.3 Å². The van der Waals surface area contributed by atoms with Crippen LogP contribution in [0.4, 0.5) is 0 Å². The zero-order valence-electron chi connectivity index (χ0n) is 9.08. The minimum absolute atomic E-state index is 0.138. The van der Waals surface area contributed by atoms with Crippen LogP contribution >= 0.6 is 0 Å². The Bertz CT molecular complexity index is 308. The number of esters is 1. The Balaban J connectivity index is 1.82. The highest BCUT2D eigenvalue weighted by atomic mass is 16.6. The predicted octanol–water partition coefficient (Wildman–Crippen LogP) is 2.68. The summed E-state index contributed by atoms with van der Waals surface area (Å²) in [5, 5.41) is 0. The molecule has 0 unspecified atom stereocenters. The lowest BCUT2D eigenvalue weighted by Crippen LogP contribution is -2.16. The van der Waals surface area contributed by atoms with Gasteiger partial charge in [0.1, 0.15) is 6.10 Å². The summed E-state index contributed by atoms with van der Waals surface area (Å²) in [6, 6.07) is 0. The second-order valence-corrected chi connectivity index (χ2v) is 5.34. The van der Waals surface area contributed by atoms with E-state index < -0.39 is 0 Å². The quantitative estimate of drug-likeness (QED) is 0.450. The van der Waals surface area contributed by atoms with Crippen LogP contribution in [0, 0.1) is 17.8 Å². The summed E-state index contributed by atoms with van der Waals surface area (Å²) in [5.41, 5.74) is 0.743. The third kappa shape index (κ3) is 1.42. The molecule has 0 bridgehead atoms. The summed E-state index contributed by atoms with van der Waals surface area (Å²) < 4.78 is 5.38. The van der Waals surface area contributed by atoms with E-state index in [9.17, 15) is 4.79 Å². The molecule has 0 aromatic carbocycles. The Morgan fingerprint density at radius 2 is 1.93 bits per heavy atom. The number of fused-ring (bicyclic) bond motifs is 2. The molecule has 82 valence electrons. The number of hydrogen-bond donors (Lipinski definition) is 0. The first-order valence-electron chi connectivity index (χ1n) is 6.15. The van der Waals surface area contributed by atoms with Crippen molar-refractivity contribution in [3.05, 3.63) is 12.2 Å². The third-order valence-corrected chi connectivity index (χ3v) is 4.61. The van der Waals surface area contributed by atoms with Crippen molar-refractivity contribution in [1.29, 1.82) is 0 Å². The van der Waals surface area contributed by atoms with Crippen LogP contribution in [0.1, 0.15) is 38.5 Å². The minimum atomic E-state index is -0.138. The Hall–Kier alpha value is -0.790. The van der Waals surface area contributed by atoms with E-state index in [1.807, 2.05) is 0 Å². The Morgan fingerprint density at radius 1 is 1.13 bits per heavy atom. The number of hydrogen-bond acceptors (Lipinski definition) is 2. The van der Waals surface area contributed by atoms with Crippen molar-refractivity contribution in [3.63, 3.8) is 0 Å². The average Bonchev–Trinajstić information content (AvgIpc) is 2.71. The molecule has 0 radical (unpaired) electrons. The summed E-state index contributed by atoms with van der Waals surface area (Å²) in [7, 11) is 0. The molecule has 1 saturated heterocycles. The van der Waals surface area contributed by atoms with Gasteiger partial charge in [-0.3, -0.25) is 0 Å². The maximum absolute atomic E-state index is 11.4. The van der Waals surface area contributed by atoms with Gasteiger partial charge in [0, 0.05) is 11.5 Å². The molecular formula is C13H18O2. The predicted molar refractivity (Wildman–Crippen MR) is 57.2 cm³/mol. The molecule has 0 aromatic rings. The fourth-order valence-electron chi connectivity index (χ4n) is 3.73. The first-order chi connectivity index (χ1) is 7.25. The van der Waals surface area contributed by atoms with Crippen molar-refractivity contribution in [3.8, 4) is 0 Å². The molecular weight excluding hydrogens is 188 g/mol. The fraction of sp³-hybridized carbons (Fsp3) is 0.769. The summed E-state index contributed by atoms with van der Waals surface area (Å²) in [6.45, 7) is 3.90. The van der Waals surface area contributed by atoms with Crippen molar-refractivity contribution in [2.24, 2.45) is 17.8 Å². The molecule has 1 heterocycles. The lowest BCUT2D eigenvalue weighted by molar-refractivity contribution is -0.139. The van der Waals surface area contributed by atoms with Crippen LogP contribution < -0.4 is 0 Å². The zero-order chi connectivity index (χ0) is 10.4. The van der Waals surface area contributed by atoms with Crippen LogP contribution in [0.2, 0.25) is 0 Å². The summed E-state index contributed by atoms with van der Waals surface area (Å²) in [6.07, 6.45) is 7.77. The largest absolute Gasteiger partial charge is 0.458 e. The Morgan fingerprint density at radius 3 is 2.80 bits per heavy atom. The van der Waals surface area contributed by atoms with E-state index in [2.05, 4.69) is 6.58 Å². The van der Waals surface area contributed by atoms with Crippen LogP contribution in [-0.4, -0.2) is 12.1 Å². The summed E-state index contributed by atoms with van der Waals surface area (Å²) in [5.74, 6) is 1.94. The third-order valence-electron chi connectivity index (χ3n) is 4.61. The number of ether oxygens (including phenoxy) is 1. The summed E-state index contributed by atoms with van der Waals surface area (Å²) >= 11 is 0. The standard InChI is InChI=1S/C13H18O2/c1-8-11-7-10-4-2-3-9(10)5-6-12(11)15-13(8)14/h9-12H,1-7H2/t9-,10-,11+,12+/m0/s1. The van der Waals surface area contributed by atoms with E-state index in [0.29, 0.717) is 5.92 Å². The van der Waals surface area contributed by atoms with Crippen LogP contribution in [-0.2, 0) is 9.53 Å². The monoisotopic (exact) mass is 206 g/mol. The van der Waals surface area contributed by atoms with E-state index >= 15 is 0 Å². The molecule has 2 nitrogen and oxygen atoms in total. The van der Waals surface area contributed by atoms with Gasteiger partial charge in [0.15, 0.2) is 0 Å². The lowest BCUT2D eigenvalue weighted by atomic mass is 9.86. The average molecular weight is 206 g/mol. The van der Waals surface area contributed by atoms with Crippen molar-refractivity contribution >= 4 is 5.97 Å².